The highest BCUT2D eigenvalue weighted by Gasteiger charge is 2.15. The molecule has 2 N–H and O–H groups in total. The molecule has 0 unspecified atom stereocenters. The molecule has 0 bridgehead atoms. The Kier molecular flexibility index (Phi) is 2.67. The standard InChI is InChI=1S/C7H8BFO3/c1-12-8(11)5-2-3-7(10)6(9)4-5/h2-4,10-11H,1H3. The van der Waals surface area contributed by atoms with Gasteiger partial charge in [0.05, 0.1) is 0 Å². The monoisotopic (exact) mass is 170 g/mol. The summed E-state index contributed by atoms with van der Waals surface area (Å²) >= 11 is 0. The molecule has 0 heterocycles. The summed E-state index contributed by atoms with van der Waals surface area (Å²) in [6, 6.07) is 3.56. The molecule has 0 spiro atoms. The first kappa shape index (κ1) is 9.03. The lowest BCUT2D eigenvalue weighted by Gasteiger charge is -2.03. The van der Waals surface area contributed by atoms with Crippen molar-refractivity contribution in [1.29, 1.82) is 0 Å². The molecule has 0 radical (unpaired) electrons. The van der Waals surface area contributed by atoms with Crippen molar-refractivity contribution < 1.29 is 19.2 Å². The number of hydrogen-bond acceptors (Lipinski definition) is 3. The van der Waals surface area contributed by atoms with E-state index in [0.29, 0.717) is 0 Å². The molecule has 12 heavy (non-hydrogen) atoms. The van der Waals surface area contributed by atoms with Gasteiger partial charge in [-0.25, -0.2) is 4.39 Å². The number of phenolic OH excluding ortho intramolecular Hbond substituents is 1. The van der Waals surface area contributed by atoms with Gasteiger partial charge in [-0.3, -0.25) is 0 Å². The smallest absolute Gasteiger partial charge is 0.491 e. The molecule has 5 heteroatoms. The van der Waals surface area contributed by atoms with E-state index in [0.717, 1.165) is 12.1 Å². The van der Waals surface area contributed by atoms with E-state index in [1.807, 2.05) is 0 Å². The van der Waals surface area contributed by atoms with Gasteiger partial charge in [-0.15, -0.1) is 0 Å². The lowest BCUT2D eigenvalue weighted by molar-refractivity contribution is 0.341. The van der Waals surface area contributed by atoms with Crippen LogP contribution in [-0.4, -0.2) is 24.4 Å². The Labute approximate surface area is 69.6 Å². The van der Waals surface area contributed by atoms with E-state index in [9.17, 15) is 4.39 Å². The Morgan fingerprint density at radius 1 is 1.50 bits per heavy atom. The van der Waals surface area contributed by atoms with Crippen LogP contribution in [0.25, 0.3) is 0 Å². The molecule has 0 saturated carbocycles. The Hall–Kier alpha value is -1.07. The molecule has 64 valence electrons. The van der Waals surface area contributed by atoms with Gasteiger partial charge < -0.3 is 14.8 Å². The summed E-state index contributed by atoms with van der Waals surface area (Å²) in [6.07, 6.45) is 0. The van der Waals surface area contributed by atoms with Crippen LogP contribution in [0, 0.1) is 5.82 Å². The summed E-state index contributed by atoms with van der Waals surface area (Å²) in [7, 11) is 0.148. The van der Waals surface area contributed by atoms with Crippen molar-refractivity contribution in [2.75, 3.05) is 7.11 Å². The summed E-state index contributed by atoms with van der Waals surface area (Å²) in [5, 5.41) is 17.9. The zero-order valence-electron chi connectivity index (χ0n) is 6.49. The maximum absolute atomic E-state index is 12.7. The molecular formula is C7H8BFO3. The summed E-state index contributed by atoms with van der Waals surface area (Å²) in [5.74, 6) is -1.22. The first-order valence-electron chi connectivity index (χ1n) is 3.34. The van der Waals surface area contributed by atoms with Gasteiger partial charge in [-0.05, 0) is 17.6 Å². The van der Waals surface area contributed by atoms with E-state index in [1.165, 1.54) is 13.2 Å². The van der Waals surface area contributed by atoms with Crippen LogP contribution in [0.5, 0.6) is 5.75 Å². The van der Waals surface area contributed by atoms with Crippen LogP contribution in [-0.2, 0) is 4.65 Å². The van der Waals surface area contributed by atoms with Crippen molar-refractivity contribution in [3.8, 4) is 5.75 Å². The normalized spacial score (nSPS) is 9.92. The third-order valence-corrected chi connectivity index (χ3v) is 1.48. The van der Waals surface area contributed by atoms with Gasteiger partial charge in [-0.2, -0.15) is 0 Å². The van der Waals surface area contributed by atoms with Crippen LogP contribution < -0.4 is 5.46 Å². The van der Waals surface area contributed by atoms with E-state index in [2.05, 4.69) is 4.65 Å². The topological polar surface area (TPSA) is 49.7 Å². The van der Waals surface area contributed by atoms with Crippen LogP contribution in [0.2, 0.25) is 0 Å². The fourth-order valence-corrected chi connectivity index (χ4v) is 0.813. The molecule has 1 aromatic carbocycles. The number of benzene rings is 1. The van der Waals surface area contributed by atoms with Crippen molar-refractivity contribution in [2.45, 2.75) is 0 Å². The zero-order valence-corrected chi connectivity index (χ0v) is 6.49. The van der Waals surface area contributed by atoms with Crippen molar-refractivity contribution in [3.05, 3.63) is 24.0 Å². The first-order chi connectivity index (χ1) is 5.65. The number of halogens is 1. The average molecular weight is 170 g/mol. The van der Waals surface area contributed by atoms with Crippen molar-refractivity contribution in [1.82, 2.24) is 0 Å². The van der Waals surface area contributed by atoms with Gasteiger partial charge >= 0.3 is 7.12 Å². The fraction of sp³-hybridized carbons (Fsp3) is 0.143. The molecule has 0 atom stereocenters. The fourth-order valence-electron chi connectivity index (χ4n) is 0.813. The molecule has 3 nitrogen and oxygen atoms in total. The minimum atomic E-state index is -1.15. The lowest BCUT2D eigenvalue weighted by Crippen LogP contribution is -2.32. The van der Waals surface area contributed by atoms with Crippen LogP contribution in [0.4, 0.5) is 4.39 Å². The number of rotatable bonds is 2. The predicted molar refractivity (Wildman–Crippen MR) is 42.7 cm³/mol. The highest BCUT2D eigenvalue weighted by molar-refractivity contribution is 6.59. The van der Waals surface area contributed by atoms with E-state index in [-0.39, 0.29) is 5.46 Å². The lowest BCUT2D eigenvalue weighted by atomic mass is 9.80. The quantitative estimate of drug-likeness (QED) is 0.607. The Bertz CT molecular complexity index is 279. The van der Waals surface area contributed by atoms with E-state index < -0.39 is 18.7 Å². The maximum atomic E-state index is 12.7. The highest BCUT2D eigenvalue weighted by atomic mass is 19.1. The van der Waals surface area contributed by atoms with E-state index in [1.54, 1.807) is 0 Å². The molecule has 0 aromatic heterocycles. The molecule has 0 amide bonds. The Balaban J connectivity index is 2.96. The Morgan fingerprint density at radius 2 is 2.17 bits per heavy atom. The molecular weight excluding hydrogens is 162 g/mol. The number of phenols is 1. The van der Waals surface area contributed by atoms with Gasteiger partial charge in [0.25, 0.3) is 0 Å². The maximum Gasteiger partial charge on any atom is 0.491 e. The van der Waals surface area contributed by atoms with Crippen LogP contribution >= 0.6 is 0 Å². The van der Waals surface area contributed by atoms with Crippen molar-refractivity contribution >= 4 is 12.6 Å². The van der Waals surface area contributed by atoms with Crippen molar-refractivity contribution in [2.24, 2.45) is 0 Å². The third-order valence-electron chi connectivity index (χ3n) is 1.48. The third kappa shape index (κ3) is 1.75. The zero-order chi connectivity index (χ0) is 9.14. The van der Waals surface area contributed by atoms with E-state index in [4.69, 9.17) is 10.1 Å². The highest BCUT2D eigenvalue weighted by Crippen LogP contribution is 2.11. The SMILES string of the molecule is COB(O)c1ccc(O)c(F)c1. The average Bonchev–Trinajstić information content (AvgIpc) is 2.08. The summed E-state index contributed by atoms with van der Waals surface area (Å²) in [6.45, 7) is 0. The van der Waals surface area contributed by atoms with Crippen LogP contribution in [0.1, 0.15) is 0 Å². The molecule has 1 aromatic rings. The summed E-state index contributed by atoms with van der Waals surface area (Å²) in [5.41, 5.74) is 0.271. The van der Waals surface area contributed by atoms with E-state index >= 15 is 0 Å². The van der Waals surface area contributed by atoms with Crippen LogP contribution in [0.15, 0.2) is 18.2 Å². The molecule has 0 aliphatic carbocycles. The van der Waals surface area contributed by atoms with Gasteiger partial charge in [0.1, 0.15) is 0 Å². The second-order valence-corrected chi connectivity index (χ2v) is 2.30. The summed E-state index contributed by atoms with van der Waals surface area (Å²) in [4.78, 5) is 0. The Morgan fingerprint density at radius 3 is 2.67 bits per heavy atom. The summed E-state index contributed by atoms with van der Waals surface area (Å²) < 4.78 is 17.2. The van der Waals surface area contributed by atoms with Gasteiger partial charge in [0.15, 0.2) is 11.6 Å². The molecule has 0 aliphatic rings. The van der Waals surface area contributed by atoms with Gasteiger partial charge in [-0.1, -0.05) is 6.07 Å². The van der Waals surface area contributed by atoms with Gasteiger partial charge in [0.2, 0.25) is 0 Å². The minimum Gasteiger partial charge on any atom is -0.505 e. The minimum absolute atomic E-state index is 0.271. The van der Waals surface area contributed by atoms with Crippen molar-refractivity contribution in [3.63, 3.8) is 0 Å². The molecule has 1 rings (SSSR count). The van der Waals surface area contributed by atoms with Crippen LogP contribution in [0.3, 0.4) is 0 Å². The number of hydrogen-bond donors (Lipinski definition) is 2. The van der Waals surface area contributed by atoms with Gasteiger partial charge in [0, 0.05) is 7.11 Å². The molecule has 0 saturated heterocycles. The second-order valence-electron chi connectivity index (χ2n) is 2.30. The molecule has 0 fully saturated rings. The largest absolute Gasteiger partial charge is 0.505 e. The first-order valence-corrected chi connectivity index (χ1v) is 3.34. The molecule has 0 aliphatic heterocycles. The predicted octanol–water partition coefficient (Wildman–Crippen LogP) is -0.135. The number of aromatic hydroxyl groups is 1. The second kappa shape index (κ2) is 3.56.